The van der Waals surface area contributed by atoms with E-state index in [4.69, 9.17) is 0 Å². The Morgan fingerprint density at radius 2 is 1.96 bits per heavy atom. The Bertz CT molecular complexity index is 898. The summed E-state index contributed by atoms with van der Waals surface area (Å²) in [5, 5.41) is 5.45. The minimum atomic E-state index is -4.51. The number of alkyl halides is 3. The highest BCUT2D eigenvalue weighted by Gasteiger charge is 2.33. The number of aryl methyl sites for hydroxylation is 2. The first-order chi connectivity index (χ1) is 10.8. The molecule has 0 spiro atoms. The molecule has 23 heavy (non-hydrogen) atoms. The average Bonchev–Trinajstić information content (AvgIpc) is 3.01. The molecule has 120 valence electrons. The number of amides is 1. The maximum absolute atomic E-state index is 12.7. The van der Waals surface area contributed by atoms with E-state index in [9.17, 15) is 18.0 Å². The normalized spacial score (nSPS) is 11.9. The van der Waals surface area contributed by atoms with E-state index in [1.165, 1.54) is 17.4 Å². The third kappa shape index (κ3) is 3.06. The molecule has 0 aromatic carbocycles. The largest absolute Gasteiger partial charge is 0.433 e. The van der Waals surface area contributed by atoms with Crippen molar-refractivity contribution in [3.05, 3.63) is 39.3 Å². The number of rotatable bonds is 2. The van der Waals surface area contributed by atoms with Gasteiger partial charge >= 0.3 is 6.18 Å². The lowest BCUT2D eigenvalue weighted by Crippen LogP contribution is -2.11. The van der Waals surface area contributed by atoms with Crippen LogP contribution in [0.5, 0.6) is 0 Å². The van der Waals surface area contributed by atoms with Crippen molar-refractivity contribution in [3.8, 4) is 0 Å². The van der Waals surface area contributed by atoms with Crippen LogP contribution in [0.1, 0.15) is 26.6 Å². The Hall–Kier alpha value is -2.00. The molecule has 3 aromatic rings. The fraction of sp³-hybridized carbons (Fsp3) is 0.214. The number of fused-ring (bicyclic) bond motifs is 1. The highest BCUT2D eigenvalue weighted by atomic mass is 32.1. The molecule has 9 heteroatoms. The lowest BCUT2D eigenvalue weighted by atomic mass is 10.2. The molecular weight excluding hydrogens is 347 g/mol. The van der Waals surface area contributed by atoms with Crippen LogP contribution in [0, 0.1) is 13.8 Å². The molecule has 0 aliphatic carbocycles. The van der Waals surface area contributed by atoms with E-state index in [1.54, 1.807) is 19.2 Å². The zero-order chi connectivity index (χ0) is 16.8. The summed E-state index contributed by atoms with van der Waals surface area (Å²) in [4.78, 5) is 20.6. The second kappa shape index (κ2) is 5.57. The predicted molar refractivity (Wildman–Crippen MR) is 84.2 cm³/mol. The summed E-state index contributed by atoms with van der Waals surface area (Å²) in [6, 6.07) is 2.27. The Labute approximate surface area is 137 Å². The Balaban J connectivity index is 1.97. The molecule has 0 aliphatic rings. The molecule has 3 heterocycles. The minimum Gasteiger partial charge on any atom is -0.297 e. The smallest absolute Gasteiger partial charge is 0.297 e. The second-order valence-electron chi connectivity index (χ2n) is 4.85. The summed E-state index contributed by atoms with van der Waals surface area (Å²) in [5.41, 5.74) is 0.431. The highest BCUT2D eigenvalue weighted by Crippen LogP contribution is 2.34. The number of nitrogens with one attached hydrogen (secondary N) is 1. The van der Waals surface area contributed by atoms with Crippen molar-refractivity contribution in [1.82, 2.24) is 9.97 Å². The summed E-state index contributed by atoms with van der Waals surface area (Å²) in [6.07, 6.45) is -4.51. The SMILES string of the molecule is Cc1csc(NC(=O)c2sc3nc(C(F)(F)F)ccc3c2C)n1. The van der Waals surface area contributed by atoms with Crippen molar-refractivity contribution >= 4 is 43.9 Å². The van der Waals surface area contributed by atoms with Crippen molar-refractivity contribution in [3.63, 3.8) is 0 Å². The fourth-order valence-electron chi connectivity index (χ4n) is 2.04. The summed E-state index contributed by atoms with van der Waals surface area (Å²) >= 11 is 2.23. The van der Waals surface area contributed by atoms with Gasteiger partial charge in [-0.3, -0.25) is 10.1 Å². The standard InChI is InChI=1S/C14H10F3N3OS2/c1-6-5-22-13(18-6)20-11(21)10-7(2)8-3-4-9(14(15,16)17)19-12(8)23-10/h3-5H,1-2H3,(H,18,20,21). The zero-order valence-corrected chi connectivity index (χ0v) is 13.6. The summed E-state index contributed by atoms with van der Waals surface area (Å²) in [6.45, 7) is 3.50. The number of anilines is 1. The van der Waals surface area contributed by atoms with Crippen molar-refractivity contribution in [2.24, 2.45) is 0 Å². The summed E-state index contributed by atoms with van der Waals surface area (Å²) in [7, 11) is 0. The van der Waals surface area contributed by atoms with Gasteiger partial charge in [0.05, 0.1) is 10.6 Å². The third-order valence-corrected chi connectivity index (χ3v) is 5.22. The van der Waals surface area contributed by atoms with Gasteiger partial charge in [-0.05, 0) is 31.5 Å². The Kier molecular flexibility index (Phi) is 3.85. The molecular formula is C14H10F3N3OS2. The molecule has 0 saturated heterocycles. The predicted octanol–water partition coefficient (Wildman–Crippen LogP) is 4.64. The summed E-state index contributed by atoms with van der Waals surface area (Å²) < 4.78 is 38.2. The van der Waals surface area contributed by atoms with Crippen LogP contribution in [0.3, 0.4) is 0 Å². The Morgan fingerprint density at radius 1 is 1.22 bits per heavy atom. The van der Waals surface area contributed by atoms with Gasteiger partial charge in [-0.15, -0.1) is 22.7 Å². The van der Waals surface area contributed by atoms with Gasteiger partial charge in [0.25, 0.3) is 5.91 Å². The number of carbonyl (C=O) groups excluding carboxylic acids is 1. The van der Waals surface area contributed by atoms with Crippen LogP contribution < -0.4 is 5.32 Å². The number of pyridine rings is 1. The first kappa shape index (κ1) is 15.9. The van der Waals surface area contributed by atoms with Gasteiger partial charge in [0.15, 0.2) is 5.13 Å². The van der Waals surface area contributed by atoms with Crippen LogP contribution in [0.4, 0.5) is 18.3 Å². The van der Waals surface area contributed by atoms with E-state index in [2.05, 4.69) is 15.3 Å². The maximum Gasteiger partial charge on any atom is 0.433 e. The molecule has 4 nitrogen and oxygen atoms in total. The molecule has 1 amide bonds. The molecule has 3 aromatic heterocycles. The third-order valence-electron chi connectivity index (χ3n) is 3.14. The van der Waals surface area contributed by atoms with E-state index < -0.39 is 17.8 Å². The zero-order valence-electron chi connectivity index (χ0n) is 12.0. The molecule has 0 bridgehead atoms. The average molecular weight is 357 g/mol. The molecule has 0 aliphatic heterocycles. The van der Waals surface area contributed by atoms with Crippen molar-refractivity contribution in [2.45, 2.75) is 20.0 Å². The number of nitrogens with zero attached hydrogens (tertiary/aromatic N) is 2. The lowest BCUT2D eigenvalue weighted by molar-refractivity contribution is -0.140. The van der Waals surface area contributed by atoms with Gasteiger partial charge in [-0.1, -0.05) is 0 Å². The number of hydrogen-bond acceptors (Lipinski definition) is 5. The molecule has 0 unspecified atom stereocenters. The van der Waals surface area contributed by atoms with Gasteiger partial charge in [-0.2, -0.15) is 13.2 Å². The molecule has 0 atom stereocenters. The van der Waals surface area contributed by atoms with Crippen molar-refractivity contribution in [2.75, 3.05) is 5.32 Å². The molecule has 0 radical (unpaired) electrons. The number of halogens is 3. The van der Waals surface area contributed by atoms with Crippen LogP contribution >= 0.6 is 22.7 Å². The van der Waals surface area contributed by atoms with Crippen LogP contribution in [-0.2, 0) is 6.18 Å². The van der Waals surface area contributed by atoms with E-state index in [0.29, 0.717) is 21.0 Å². The first-order valence-electron chi connectivity index (χ1n) is 6.46. The van der Waals surface area contributed by atoms with Crippen molar-refractivity contribution in [1.29, 1.82) is 0 Å². The fourth-order valence-corrected chi connectivity index (χ4v) is 3.80. The quantitative estimate of drug-likeness (QED) is 0.727. The van der Waals surface area contributed by atoms with Crippen LogP contribution in [0.15, 0.2) is 17.5 Å². The van der Waals surface area contributed by atoms with Gasteiger partial charge in [0, 0.05) is 10.8 Å². The monoisotopic (exact) mass is 357 g/mol. The topological polar surface area (TPSA) is 54.9 Å². The molecule has 0 saturated carbocycles. The second-order valence-corrected chi connectivity index (χ2v) is 6.71. The highest BCUT2D eigenvalue weighted by molar-refractivity contribution is 7.21. The number of thiophene rings is 1. The van der Waals surface area contributed by atoms with Gasteiger partial charge in [0.1, 0.15) is 10.5 Å². The summed E-state index contributed by atoms with van der Waals surface area (Å²) in [5.74, 6) is -0.395. The van der Waals surface area contributed by atoms with E-state index in [1.807, 2.05) is 0 Å². The van der Waals surface area contributed by atoms with Crippen LogP contribution in [-0.4, -0.2) is 15.9 Å². The minimum absolute atomic E-state index is 0.192. The number of hydrogen-bond donors (Lipinski definition) is 1. The van der Waals surface area contributed by atoms with Crippen LogP contribution in [0.25, 0.3) is 10.2 Å². The van der Waals surface area contributed by atoms with Gasteiger partial charge in [-0.25, -0.2) is 9.97 Å². The van der Waals surface area contributed by atoms with Crippen molar-refractivity contribution < 1.29 is 18.0 Å². The maximum atomic E-state index is 12.7. The number of thiazole rings is 1. The number of carbonyl (C=O) groups is 1. The molecule has 0 fully saturated rings. The van der Waals surface area contributed by atoms with Gasteiger partial charge in [0.2, 0.25) is 0 Å². The Morgan fingerprint density at radius 3 is 2.57 bits per heavy atom. The van der Waals surface area contributed by atoms with Crippen LogP contribution in [0.2, 0.25) is 0 Å². The van der Waals surface area contributed by atoms with E-state index in [0.717, 1.165) is 23.1 Å². The van der Waals surface area contributed by atoms with E-state index in [-0.39, 0.29) is 4.83 Å². The molecule has 3 rings (SSSR count). The van der Waals surface area contributed by atoms with E-state index >= 15 is 0 Å². The lowest BCUT2D eigenvalue weighted by Gasteiger charge is -2.04. The molecule has 1 N–H and O–H groups in total. The van der Waals surface area contributed by atoms with Gasteiger partial charge < -0.3 is 0 Å². The number of aromatic nitrogens is 2. The first-order valence-corrected chi connectivity index (χ1v) is 8.16.